The summed E-state index contributed by atoms with van der Waals surface area (Å²) in [6, 6.07) is 10.0. The molecule has 0 aromatic heterocycles. The van der Waals surface area contributed by atoms with Crippen LogP contribution >= 0.6 is 27.5 Å². The van der Waals surface area contributed by atoms with Crippen LogP contribution in [0.15, 0.2) is 45.8 Å². The fourth-order valence-electron chi connectivity index (χ4n) is 2.90. The SMILES string of the molecule is COc1ccc(Cl)cc1S(=O)(=O)N1c2ccc(Br)cc2C[C@@H]1C. The van der Waals surface area contributed by atoms with Gasteiger partial charge in [-0.2, -0.15) is 0 Å². The van der Waals surface area contributed by atoms with Crippen LogP contribution in [-0.2, 0) is 16.4 Å². The van der Waals surface area contributed by atoms with Crippen molar-refractivity contribution in [3.8, 4) is 5.75 Å². The molecule has 1 atom stereocenters. The summed E-state index contributed by atoms with van der Waals surface area (Å²) in [6.07, 6.45) is 0.664. The molecule has 0 aliphatic carbocycles. The first-order valence-corrected chi connectivity index (χ1v) is 9.62. The molecule has 0 saturated heterocycles. The fraction of sp³-hybridized carbons (Fsp3) is 0.250. The van der Waals surface area contributed by atoms with Crippen LogP contribution < -0.4 is 9.04 Å². The molecular weight excluding hydrogens is 402 g/mol. The monoisotopic (exact) mass is 415 g/mol. The van der Waals surface area contributed by atoms with Gasteiger partial charge in [-0.05, 0) is 55.3 Å². The van der Waals surface area contributed by atoms with E-state index in [0.717, 1.165) is 10.0 Å². The van der Waals surface area contributed by atoms with Gasteiger partial charge in [0.15, 0.2) is 0 Å². The second-order valence-electron chi connectivity index (χ2n) is 5.42. The Hall–Kier alpha value is -1.24. The van der Waals surface area contributed by atoms with Crippen molar-refractivity contribution in [2.45, 2.75) is 24.3 Å². The van der Waals surface area contributed by atoms with Gasteiger partial charge in [-0.15, -0.1) is 0 Å². The van der Waals surface area contributed by atoms with Crippen molar-refractivity contribution in [2.75, 3.05) is 11.4 Å². The van der Waals surface area contributed by atoms with E-state index in [2.05, 4.69) is 15.9 Å². The first kappa shape index (κ1) is 16.6. The van der Waals surface area contributed by atoms with Crippen molar-refractivity contribution in [3.63, 3.8) is 0 Å². The number of nitrogens with zero attached hydrogens (tertiary/aromatic N) is 1. The Kier molecular flexibility index (Phi) is 4.33. The Morgan fingerprint density at radius 1 is 1.26 bits per heavy atom. The molecule has 0 saturated carbocycles. The number of rotatable bonds is 3. The summed E-state index contributed by atoms with van der Waals surface area (Å²) in [5, 5.41) is 0.354. The normalized spacial score (nSPS) is 17.2. The van der Waals surface area contributed by atoms with Gasteiger partial charge in [-0.25, -0.2) is 8.42 Å². The van der Waals surface area contributed by atoms with Crippen molar-refractivity contribution in [1.29, 1.82) is 0 Å². The van der Waals surface area contributed by atoms with Crippen LogP contribution in [0.3, 0.4) is 0 Å². The lowest BCUT2D eigenvalue weighted by atomic mass is 10.1. The van der Waals surface area contributed by atoms with Crippen molar-refractivity contribution < 1.29 is 13.2 Å². The molecule has 0 N–H and O–H groups in total. The minimum Gasteiger partial charge on any atom is -0.495 e. The zero-order valence-electron chi connectivity index (χ0n) is 12.6. The third kappa shape index (κ3) is 2.84. The molecule has 0 unspecified atom stereocenters. The van der Waals surface area contributed by atoms with Crippen LogP contribution in [0.25, 0.3) is 0 Å². The number of fused-ring (bicyclic) bond motifs is 1. The van der Waals surface area contributed by atoms with E-state index in [1.165, 1.54) is 17.5 Å². The van der Waals surface area contributed by atoms with E-state index in [-0.39, 0.29) is 16.7 Å². The summed E-state index contributed by atoms with van der Waals surface area (Å²) in [7, 11) is -2.33. The summed E-state index contributed by atoms with van der Waals surface area (Å²) in [5.74, 6) is 0.284. The molecule has 122 valence electrons. The predicted octanol–water partition coefficient (Wildman–Crippen LogP) is 4.25. The summed E-state index contributed by atoms with van der Waals surface area (Å²) < 4.78 is 34.0. The van der Waals surface area contributed by atoms with Gasteiger partial charge in [-0.1, -0.05) is 27.5 Å². The molecule has 3 rings (SSSR count). The topological polar surface area (TPSA) is 46.6 Å². The van der Waals surface area contributed by atoms with Crippen LogP contribution in [-0.4, -0.2) is 21.6 Å². The molecule has 1 aliphatic rings. The van der Waals surface area contributed by atoms with E-state index in [1.807, 2.05) is 25.1 Å². The zero-order valence-corrected chi connectivity index (χ0v) is 15.7. The first-order valence-electron chi connectivity index (χ1n) is 7.01. The van der Waals surface area contributed by atoms with E-state index in [1.54, 1.807) is 12.1 Å². The average molecular weight is 417 g/mol. The highest BCUT2D eigenvalue weighted by Crippen LogP contribution is 2.40. The summed E-state index contributed by atoms with van der Waals surface area (Å²) >= 11 is 9.43. The number of hydrogen-bond donors (Lipinski definition) is 0. The minimum atomic E-state index is -3.77. The smallest absolute Gasteiger partial charge is 0.268 e. The molecule has 4 nitrogen and oxygen atoms in total. The molecule has 1 heterocycles. The number of methoxy groups -OCH3 is 1. The molecule has 0 amide bonds. The van der Waals surface area contributed by atoms with Crippen LogP contribution in [0.5, 0.6) is 5.75 Å². The summed E-state index contributed by atoms with van der Waals surface area (Å²) in [4.78, 5) is 0.0788. The van der Waals surface area contributed by atoms with Crippen molar-refractivity contribution in [1.82, 2.24) is 0 Å². The van der Waals surface area contributed by atoms with Gasteiger partial charge in [0, 0.05) is 15.5 Å². The van der Waals surface area contributed by atoms with Crippen molar-refractivity contribution in [2.24, 2.45) is 0 Å². The second-order valence-corrected chi connectivity index (χ2v) is 8.56. The number of anilines is 1. The lowest BCUT2D eigenvalue weighted by Crippen LogP contribution is -2.35. The third-order valence-electron chi connectivity index (χ3n) is 3.86. The fourth-order valence-corrected chi connectivity index (χ4v) is 5.42. The highest BCUT2D eigenvalue weighted by Gasteiger charge is 2.37. The van der Waals surface area contributed by atoms with Gasteiger partial charge in [0.05, 0.1) is 12.8 Å². The summed E-state index contributed by atoms with van der Waals surface area (Å²) in [5.41, 5.74) is 1.69. The van der Waals surface area contributed by atoms with Crippen LogP contribution in [0.4, 0.5) is 5.69 Å². The predicted molar refractivity (Wildman–Crippen MR) is 95.0 cm³/mol. The quantitative estimate of drug-likeness (QED) is 0.751. The van der Waals surface area contributed by atoms with E-state index >= 15 is 0 Å². The van der Waals surface area contributed by atoms with E-state index in [0.29, 0.717) is 17.1 Å². The second kappa shape index (κ2) is 6.00. The highest BCUT2D eigenvalue weighted by atomic mass is 79.9. The largest absolute Gasteiger partial charge is 0.495 e. The van der Waals surface area contributed by atoms with Crippen LogP contribution in [0.2, 0.25) is 5.02 Å². The third-order valence-corrected chi connectivity index (χ3v) is 6.53. The molecule has 2 aromatic carbocycles. The molecular formula is C16H15BrClNO3S. The average Bonchev–Trinajstić information content (AvgIpc) is 2.82. The van der Waals surface area contributed by atoms with E-state index in [9.17, 15) is 8.42 Å². The van der Waals surface area contributed by atoms with Gasteiger partial charge >= 0.3 is 0 Å². The van der Waals surface area contributed by atoms with E-state index in [4.69, 9.17) is 16.3 Å². The van der Waals surface area contributed by atoms with Gasteiger partial charge < -0.3 is 4.74 Å². The molecule has 0 bridgehead atoms. The molecule has 0 fully saturated rings. The molecule has 0 radical (unpaired) electrons. The van der Waals surface area contributed by atoms with E-state index < -0.39 is 10.0 Å². The van der Waals surface area contributed by atoms with Gasteiger partial charge in [-0.3, -0.25) is 4.31 Å². The Bertz CT molecular complexity index is 870. The van der Waals surface area contributed by atoms with Crippen molar-refractivity contribution >= 4 is 43.2 Å². The standard InChI is InChI=1S/C16H15BrClNO3S/c1-10-7-11-8-12(17)3-5-14(11)19(10)23(20,21)16-9-13(18)4-6-15(16)22-2/h3-6,8-10H,7H2,1-2H3/t10-/m0/s1. The molecule has 1 aliphatic heterocycles. The zero-order chi connectivity index (χ0) is 16.8. The maximum atomic E-state index is 13.2. The Labute approximate surface area is 149 Å². The Morgan fingerprint density at radius 2 is 2.00 bits per heavy atom. The number of benzene rings is 2. The molecule has 2 aromatic rings. The highest BCUT2D eigenvalue weighted by molar-refractivity contribution is 9.10. The Balaban J connectivity index is 2.17. The first-order chi connectivity index (χ1) is 10.8. The number of halogens is 2. The van der Waals surface area contributed by atoms with Crippen molar-refractivity contribution in [3.05, 3.63) is 51.5 Å². The number of ether oxygens (including phenoxy) is 1. The number of hydrogen-bond acceptors (Lipinski definition) is 3. The number of sulfonamides is 1. The molecule has 0 spiro atoms. The van der Waals surface area contributed by atoms with Crippen LogP contribution in [0, 0.1) is 0 Å². The maximum Gasteiger partial charge on any atom is 0.268 e. The lowest BCUT2D eigenvalue weighted by molar-refractivity contribution is 0.402. The van der Waals surface area contributed by atoms with Gasteiger partial charge in [0.25, 0.3) is 10.0 Å². The van der Waals surface area contributed by atoms with Gasteiger partial charge in [0.1, 0.15) is 10.6 Å². The van der Waals surface area contributed by atoms with Gasteiger partial charge in [0.2, 0.25) is 0 Å². The lowest BCUT2D eigenvalue weighted by Gasteiger charge is -2.25. The van der Waals surface area contributed by atoms with Crippen LogP contribution in [0.1, 0.15) is 12.5 Å². The Morgan fingerprint density at radius 3 is 2.70 bits per heavy atom. The maximum absolute atomic E-state index is 13.2. The molecule has 7 heteroatoms. The molecule has 23 heavy (non-hydrogen) atoms. The minimum absolute atomic E-state index is 0.0788. The summed E-state index contributed by atoms with van der Waals surface area (Å²) in [6.45, 7) is 1.89.